The van der Waals surface area contributed by atoms with Crippen molar-refractivity contribution >= 4 is 53.0 Å². The second kappa shape index (κ2) is 57.5. The van der Waals surface area contributed by atoms with E-state index in [1.54, 1.807) is 79.4 Å². The van der Waals surface area contributed by atoms with Gasteiger partial charge in [0.05, 0.1) is 32.3 Å². The van der Waals surface area contributed by atoms with Crippen LogP contribution in [-0.4, -0.2) is 72.2 Å². The average Bonchev–Trinajstić information content (AvgIpc) is 0.796. The maximum Gasteiger partial charge on any atom is 0.0799 e. The average molecular weight is 2560 g/mol. The van der Waals surface area contributed by atoms with Crippen molar-refractivity contribution in [2.75, 3.05) is 0 Å². The van der Waals surface area contributed by atoms with Crippen molar-refractivity contribution in [3.05, 3.63) is 411 Å². The summed E-state index contributed by atoms with van der Waals surface area (Å²) >= 11 is 0. The molecule has 0 fully saturated rings. The van der Waals surface area contributed by atoms with Gasteiger partial charge < -0.3 is 39.9 Å². The van der Waals surface area contributed by atoms with Gasteiger partial charge in [0.2, 0.25) is 0 Å². The first-order valence-electron chi connectivity index (χ1n) is 51.0. The van der Waals surface area contributed by atoms with Gasteiger partial charge in [-0.25, -0.2) is 0 Å². The third kappa shape index (κ3) is 38.2. The van der Waals surface area contributed by atoms with Gasteiger partial charge in [0, 0.05) is 141 Å². The molecule has 2 atom stereocenters. The van der Waals surface area contributed by atoms with Gasteiger partial charge >= 0.3 is 0 Å². The van der Waals surface area contributed by atoms with Gasteiger partial charge in [-0.15, -0.1) is 287 Å². The van der Waals surface area contributed by atoms with Gasteiger partial charge in [-0.3, -0.25) is 0 Å². The number of hydrogen-bond donors (Lipinski definition) is 0. The monoisotopic (exact) mass is 2560 g/mol. The molecule has 0 bridgehead atoms. The minimum absolute atomic E-state index is 0. The molecular weight excluding hydrogens is 2410 g/mol. The fourth-order valence-corrected chi connectivity index (χ4v) is 20.2. The van der Waals surface area contributed by atoms with Crippen LogP contribution in [0.2, 0.25) is 78.6 Å². The van der Waals surface area contributed by atoms with E-state index in [4.69, 9.17) is 32.8 Å². The van der Waals surface area contributed by atoms with Crippen molar-refractivity contribution in [1.29, 1.82) is 0 Å². The molecular formula is C118H132Ir4N8Si4-8. The fourth-order valence-electron chi connectivity index (χ4n) is 13.7. The summed E-state index contributed by atoms with van der Waals surface area (Å²) in [7, 11) is -5.45. The maximum atomic E-state index is 7.71. The summed E-state index contributed by atoms with van der Waals surface area (Å²) < 4.78 is 97.1. The molecule has 134 heavy (non-hydrogen) atoms. The molecule has 0 amide bonds. The van der Waals surface area contributed by atoms with E-state index in [9.17, 15) is 0 Å². The van der Waals surface area contributed by atoms with Crippen molar-refractivity contribution in [3.63, 3.8) is 0 Å². The fraction of sp³-hybridized carbons (Fsp3) is 0.254. The zero-order chi connectivity index (χ0) is 105. The Labute approximate surface area is 881 Å². The number of aromatic nitrogens is 8. The van der Waals surface area contributed by atoms with Crippen molar-refractivity contribution < 1.29 is 98.2 Å². The molecule has 16 rings (SSSR count). The van der Waals surface area contributed by atoms with Gasteiger partial charge in [0.25, 0.3) is 0 Å². The molecule has 4 radical (unpaired) electrons. The van der Waals surface area contributed by atoms with E-state index in [-0.39, 0.29) is 164 Å². The summed E-state index contributed by atoms with van der Waals surface area (Å²) in [6.07, 6.45) is 18.4. The molecule has 2 unspecified atom stereocenters. The van der Waals surface area contributed by atoms with Gasteiger partial charge in [0.15, 0.2) is 0 Å². The molecule has 0 aliphatic carbocycles. The van der Waals surface area contributed by atoms with Crippen molar-refractivity contribution in [1.82, 2.24) is 39.9 Å². The van der Waals surface area contributed by atoms with Crippen LogP contribution < -0.4 is 20.7 Å². The molecule has 8 aromatic carbocycles. The summed E-state index contributed by atoms with van der Waals surface area (Å²) in [6, 6.07) is 90.0. The van der Waals surface area contributed by atoms with Crippen LogP contribution in [0, 0.1) is 65.8 Å². The van der Waals surface area contributed by atoms with Crippen LogP contribution in [-0.2, 0) is 93.3 Å². The molecule has 0 saturated carbocycles. The topological polar surface area (TPSA) is 103 Å². The van der Waals surface area contributed by atoms with E-state index in [0.29, 0.717) is 68.7 Å². The Balaban J connectivity index is 0.000000295. The van der Waals surface area contributed by atoms with E-state index in [1.807, 2.05) is 91.0 Å². The third-order valence-corrected chi connectivity index (χ3v) is 29.1. The quantitative estimate of drug-likeness (QED) is 0.0583. The summed E-state index contributed by atoms with van der Waals surface area (Å²) in [5.74, 6) is 2.44. The predicted molar refractivity (Wildman–Crippen MR) is 564 cm³/mol. The van der Waals surface area contributed by atoms with E-state index < -0.39 is 32.3 Å². The second-order valence-electron chi connectivity index (χ2n) is 37.6. The predicted octanol–water partition coefficient (Wildman–Crippen LogP) is 28.6. The van der Waals surface area contributed by atoms with Crippen LogP contribution >= 0.6 is 0 Å². The SMILES string of the molecule is CC(C)(C)Cc1cc(-c2[c-]cccc2)ncc1[Si](C)(C)C.CC(C)C(C)c1cc(-c2[c-]cccc2)ncc1[Si](C)(C)C.CC(C)Cc1cc(-c2[c-]cccc2)ncc1[Si](C)(C)C.CCC(C)c1cc(-c2[c-]cccc2)ncc1[Si](C)(C)C.[2H]c1[c-]c(-c2ccccn2)c([2H])c([2H])c1[2H].[2H]c1[c-]c(-c2ccccn2)cc([2H])c1[2H].[2H]c1[c-]c(-c2ccccn2)cc([2H])c1[2H].[2H]c1[c-]c(-c2ccccn2)cc([2H])c1[2H].[Ir].[Ir].[Ir].[Ir]. The Morgan fingerprint density at radius 2 is 0.597 bits per heavy atom. The van der Waals surface area contributed by atoms with Crippen LogP contribution in [0.1, 0.15) is 128 Å². The third-order valence-electron chi connectivity index (χ3n) is 20.9. The van der Waals surface area contributed by atoms with Gasteiger partial charge in [-0.2, -0.15) is 0 Å². The van der Waals surface area contributed by atoms with Gasteiger partial charge in [-0.05, 0) is 146 Å². The standard InChI is InChI=1S/2C19H26NSi.2C18H24NSi.4C11H8N.4Ir/c1-19(2,3)13-16-12-17(15-10-8-7-9-11-15)20-14-18(16)21(4,5)6;1-14(2)15(3)17-12-18(16-10-8-7-9-11-16)20-13-19(17)21(4,5)6;1-14(2)11-16-12-17(15-9-7-6-8-10-15)19-13-18(16)20(3,4)5;1-6-14(2)16-12-17(15-10-8-7-9-11-15)19-13-18(16)20(3,4)5;4*1-2-6-10(7-3-1)11-8-4-5-9-12-11;;;;/h7-10,12,14H,13H2,1-6H3;7-10,12-15H,1-6H3;6-9,12-14H,11H2,1-5H3;7-10,12-14H,6H2,1-5H3;4*1-6,8-9H;;;;/q8*-1;;;;/i;;;;1D,2D,3D,6D;3*1D,2D,3D;;;;. The number of hydrogen-bond acceptors (Lipinski definition) is 8. The van der Waals surface area contributed by atoms with E-state index >= 15 is 0 Å². The van der Waals surface area contributed by atoms with E-state index in [2.05, 4.69) is 295 Å². The van der Waals surface area contributed by atoms with Crippen LogP contribution in [0.3, 0.4) is 0 Å². The Bertz CT molecular complexity index is 6510. The first kappa shape index (κ1) is 94.8. The normalized spacial score (nSPS) is 12.6. The minimum Gasteiger partial charge on any atom is -0.305 e. The molecule has 8 heterocycles. The number of nitrogens with zero attached hydrogens (tertiary/aromatic N) is 8. The molecule has 16 aromatic rings. The summed E-state index contributed by atoms with van der Waals surface area (Å²) in [6.45, 7) is 51.7. The van der Waals surface area contributed by atoms with E-state index in [1.165, 1.54) is 67.6 Å². The van der Waals surface area contributed by atoms with Crippen LogP contribution in [0.4, 0.5) is 0 Å². The molecule has 0 saturated heterocycles. The van der Waals surface area contributed by atoms with Crippen molar-refractivity contribution in [3.8, 4) is 90.1 Å². The Hall–Kier alpha value is -9.58. The number of rotatable bonds is 19. The van der Waals surface area contributed by atoms with Gasteiger partial charge in [-0.1, -0.05) is 243 Å². The summed E-state index contributed by atoms with van der Waals surface area (Å²) in [4.78, 5) is 35.2. The Morgan fingerprint density at radius 3 is 0.896 bits per heavy atom. The van der Waals surface area contributed by atoms with E-state index in [0.717, 1.165) is 57.9 Å². The summed E-state index contributed by atoms with van der Waals surface area (Å²) in [5.41, 5.74) is 19.2. The minimum atomic E-state index is -1.38. The first-order chi connectivity index (χ1) is 67.4. The number of pyridine rings is 8. The molecule has 0 spiro atoms. The largest absolute Gasteiger partial charge is 0.305 e. The molecule has 16 heteroatoms. The van der Waals surface area contributed by atoms with Crippen LogP contribution in [0.5, 0.6) is 0 Å². The van der Waals surface area contributed by atoms with Crippen molar-refractivity contribution in [2.24, 2.45) is 17.3 Å². The molecule has 8 aromatic heterocycles. The molecule has 704 valence electrons. The maximum absolute atomic E-state index is 7.71. The van der Waals surface area contributed by atoms with Crippen LogP contribution in [0.25, 0.3) is 90.1 Å². The second-order valence-corrected chi connectivity index (χ2v) is 57.8. The zero-order valence-electron chi connectivity index (χ0n) is 94.2. The first-order valence-corrected chi connectivity index (χ1v) is 58.5. The molecule has 0 N–H and O–H groups in total. The smallest absolute Gasteiger partial charge is 0.0799 e. The van der Waals surface area contributed by atoms with Crippen LogP contribution in [0.15, 0.2) is 340 Å². The Morgan fingerprint density at radius 1 is 0.306 bits per heavy atom. The molecule has 0 aliphatic rings. The zero-order valence-corrected chi connectivity index (χ0v) is 94.7. The summed E-state index contributed by atoms with van der Waals surface area (Å²) in [5, 5.41) is 5.96. The van der Waals surface area contributed by atoms with Gasteiger partial charge in [0.1, 0.15) is 0 Å². The number of benzene rings is 8. The van der Waals surface area contributed by atoms with Crippen molar-refractivity contribution in [2.45, 2.75) is 179 Å². The molecule has 0 aliphatic heterocycles. The molecule has 8 nitrogen and oxygen atoms in total. The Kier molecular flexibility index (Phi) is 40.6.